The first kappa shape index (κ1) is 11.7. The summed E-state index contributed by atoms with van der Waals surface area (Å²) in [4.78, 5) is 15.7. The van der Waals surface area contributed by atoms with Crippen molar-refractivity contribution < 1.29 is 14.4 Å². The fourth-order valence-corrected chi connectivity index (χ4v) is 2.26. The van der Waals surface area contributed by atoms with Gasteiger partial charge in [0.05, 0.1) is 12.3 Å². The number of oxime groups is 1. The lowest BCUT2D eigenvalue weighted by Crippen LogP contribution is -2.17. The van der Waals surface area contributed by atoms with Gasteiger partial charge in [0.1, 0.15) is 5.75 Å². The van der Waals surface area contributed by atoms with Crippen LogP contribution in [0.15, 0.2) is 41.6 Å². The van der Waals surface area contributed by atoms with Gasteiger partial charge in [-0.1, -0.05) is 35.5 Å². The Hall–Kier alpha value is -2.36. The molecule has 2 aromatic rings. The van der Waals surface area contributed by atoms with Crippen LogP contribution in [0.5, 0.6) is 5.75 Å². The van der Waals surface area contributed by atoms with Crippen LogP contribution in [0.3, 0.4) is 0 Å². The monoisotopic (exact) mass is 255 g/mol. The molecule has 19 heavy (non-hydrogen) atoms. The van der Waals surface area contributed by atoms with Crippen LogP contribution < -0.4 is 4.74 Å². The predicted molar refractivity (Wildman–Crippen MR) is 72.4 cm³/mol. The van der Waals surface area contributed by atoms with Crippen molar-refractivity contribution in [2.24, 2.45) is 5.16 Å². The largest absolute Gasteiger partial charge is 0.492 e. The van der Waals surface area contributed by atoms with Crippen molar-refractivity contribution >= 4 is 22.5 Å². The van der Waals surface area contributed by atoms with E-state index in [0.717, 1.165) is 27.8 Å². The molecule has 0 saturated carbocycles. The summed E-state index contributed by atoms with van der Waals surface area (Å²) < 4.78 is 5.65. The number of fused-ring (bicyclic) bond motifs is 3. The highest BCUT2D eigenvalue weighted by Crippen LogP contribution is 2.32. The van der Waals surface area contributed by atoms with Crippen molar-refractivity contribution in [1.29, 1.82) is 0 Å². The number of nitrogens with zero attached hydrogens (tertiary/aromatic N) is 1. The minimum atomic E-state index is -0.416. The molecule has 3 rings (SSSR count). The number of carbonyl (C=O) groups is 1. The van der Waals surface area contributed by atoms with Gasteiger partial charge in [-0.05, 0) is 16.8 Å². The SMILES string of the molecule is CC(=O)O/N=C1\CCOc2ccc3ccccc3c21. The minimum Gasteiger partial charge on any atom is -0.492 e. The first-order valence-corrected chi connectivity index (χ1v) is 6.15. The molecule has 0 spiro atoms. The van der Waals surface area contributed by atoms with Gasteiger partial charge >= 0.3 is 5.97 Å². The van der Waals surface area contributed by atoms with Crippen LogP contribution in [0.25, 0.3) is 10.8 Å². The molecule has 4 heteroatoms. The van der Waals surface area contributed by atoms with E-state index in [1.54, 1.807) is 0 Å². The third-order valence-electron chi connectivity index (χ3n) is 3.06. The first-order chi connectivity index (χ1) is 9.25. The Kier molecular flexibility index (Phi) is 2.91. The lowest BCUT2D eigenvalue weighted by atomic mass is 9.97. The van der Waals surface area contributed by atoms with Crippen molar-refractivity contribution in [2.75, 3.05) is 6.61 Å². The number of ether oxygens (including phenoxy) is 1. The van der Waals surface area contributed by atoms with Crippen molar-refractivity contribution in [2.45, 2.75) is 13.3 Å². The molecule has 0 saturated heterocycles. The molecule has 1 aliphatic rings. The lowest BCUT2D eigenvalue weighted by Gasteiger charge is -2.20. The van der Waals surface area contributed by atoms with E-state index >= 15 is 0 Å². The Labute approximate surface area is 110 Å². The maximum atomic E-state index is 10.9. The molecule has 0 unspecified atom stereocenters. The zero-order chi connectivity index (χ0) is 13.2. The van der Waals surface area contributed by atoms with E-state index in [4.69, 9.17) is 9.57 Å². The van der Waals surface area contributed by atoms with Gasteiger partial charge in [-0.2, -0.15) is 0 Å². The highest BCUT2D eigenvalue weighted by molar-refractivity contribution is 6.13. The van der Waals surface area contributed by atoms with E-state index in [2.05, 4.69) is 5.16 Å². The zero-order valence-corrected chi connectivity index (χ0v) is 10.6. The third-order valence-corrected chi connectivity index (χ3v) is 3.06. The number of benzene rings is 2. The van der Waals surface area contributed by atoms with Gasteiger partial charge in [0.25, 0.3) is 0 Å². The molecular formula is C15H13NO3. The number of rotatable bonds is 1. The molecule has 4 nitrogen and oxygen atoms in total. The molecule has 0 fully saturated rings. The Bertz CT molecular complexity index is 676. The molecule has 96 valence electrons. The van der Waals surface area contributed by atoms with Crippen molar-refractivity contribution in [1.82, 2.24) is 0 Å². The molecule has 0 aliphatic carbocycles. The standard InChI is InChI=1S/C15H13NO3/c1-10(17)19-16-13-8-9-18-14-7-6-11-4-2-3-5-12(11)15(13)14/h2-7H,8-9H2,1H3/b16-13+. The summed E-state index contributed by atoms with van der Waals surface area (Å²) in [7, 11) is 0. The molecule has 1 aliphatic heterocycles. The van der Waals surface area contributed by atoms with Crippen LogP contribution in [0.1, 0.15) is 18.9 Å². The van der Waals surface area contributed by atoms with Crippen LogP contribution in [-0.2, 0) is 9.63 Å². The Morgan fingerprint density at radius 2 is 2.11 bits per heavy atom. The maximum Gasteiger partial charge on any atom is 0.331 e. The van der Waals surface area contributed by atoms with Crippen LogP contribution in [0.4, 0.5) is 0 Å². The molecule has 0 bridgehead atoms. The maximum absolute atomic E-state index is 10.9. The summed E-state index contributed by atoms with van der Waals surface area (Å²) in [6.07, 6.45) is 0.633. The lowest BCUT2D eigenvalue weighted by molar-refractivity contribution is -0.140. The summed E-state index contributed by atoms with van der Waals surface area (Å²) in [5.41, 5.74) is 1.68. The number of hydrogen-bond donors (Lipinski definition) is 0. The van der Waals surface area contributed by atoms with Gasteiger partial charge in [-0.25, -0.2) is 4.79 Å². The highest BCUT2D eigenvalue weighted by Gasteiger charge is 2.20. The normalized spacial score (nSPS) is 15.9. The first-order valence-electron chi connectivity index (χ1n) is 6.15. The van der Waals surface area contributed by atoms with E-state index in [1.165, 1.54) is 6.92 Å². The molecular weight excluding hydrogens is 242 g/mol. The van der Waals surface area contributed by atoms with Gasteiger partial charge in [-0.15, -0.1) is 0 Å². The predicted octanol–water partition coefficient (Wildman–Crippen LogP) is 2.89. The van der Waals surface area contributed by atoms with Crippen molar-refractivity contribution in [3.8, 4) is 5.75 Å². The Morgan fingerprint density at radius 1 is 1.26 bits per heavy atom. The van der Waals surface area contributed by atoms with Crippen LogP contribution >= 0.6 is 0 Å². The number of carbonyl (C=O) groups excluding carboxylic acids is 1. The molecule has 0 radical (unpaired) electrons. The highest BCUT2D eigenvalue weighted by atomic mass is 16.7. The van der Waals surface area contributed by atoms with Gasteiger partial charge in [0.2, 0.25) is 0 Å². The molecule has 2 aromatic carbocycles. The molecule has 0 amide bonds. The Balaban J connectivity index is 2.18. The summed E-state index contributed by atoms with van der Waals surface area (Å²) in [5.74, 6) is 0.372. The van der Waals surface area contributed by atoms with E-state index in [0.29, 0.717) is 13.0 Å². The second kappa shape index (κ2) is 4.72. The van der Waals surface area contributed by atoms with Crippen molar-refractivity contribution in [3.63, 3.8) is 0 Å². The molecule has 0 atom stereocenters. The van der Waals surface area contributed by atoms with Crippen LogP contribution in [0.2, 0.25) is 0 Å². The fourth-order valence-electron chi connectivity index (χ4n) is 2.26. The molecule has 0 N–H and O–H groups in total. The van der Waals surface area contributed by atoms with Gasteiger partial charge in [-0.3, -0.25) is 0 Å². The molecule has 1 heterocycles. The minimum absolute atomic E-state index is 0.416. The summed E-state index contributed by atoms with van der Waals surface area (Å²) in [5, 5.41) is 6.14. The number of hydrogen-bond acceptors (Lipinski definition) is 4. The fraction of sp³-hybridized carbons (Fsp3) is 0.200. The average molecular weight is 255 g/mol. The quantitative estimate of drug-likeness (QED) is 0.581. The van der Waals surface area contributed by atoms with Gasteiger partial charge < -0.3 is 9.57 Å². The summed E-state index contributed by atoms with van der Waals surface area (Å²) in [6.45, 7) is 1.89. The van der Waals surface area contributed by atoms with Gasteiger partial charge in [0.15, 0.2) is 0 Å². The van der Waals surface area contributed by atoms with Crippen molar-refractivity contribution in [3.05, 3.63) is 42.0 Å². The van der Waals surface area contributed by atoms with Crippen LogP contribution in [0, 0.1) is 0 Å². The Morgan fingerprint density at radius 3 is 2.95 bits per heavy atom. The van der Waals surface area contributed by atoms with E-state index in [1.807, 2.05) is 36.4 Å². The average Bonchev–Trinajstić information content (AvgIpc) is 2.44. The van der Waals surface area contributed by atoms with E-state index in [-0.39, 0.29) is 0 Å². The van der Waals surface area contributed by atoms with Crippen LogP contribution in [-0.4, -0.2) is 18.3 Å². The second-order valence-corrected chi connectivity index (χ2v) is 4.38. The van der Waals surface area contributed by atoms with E-state index < -0.39 is 5.97 Å². The summed E-state index contributed by atoms with van der Waals surface area (Å²) >= 11 is 0. The topological polar surface area (TPSA) is 47.9 Å². The van der Waals surface area contributed by atoms with Gasteiger partial charge in [0, 0.05) is 18.9 Å². The zero-order valence-electron chi connectivity index (χ0n) is 10.6. The molecule has 0 aromatic heterocycles. The third kappa shape index (κ3) is 2.17. The second-order valence-electron chi connectivity index (χ2n) is 4.38. The smallest absolute Gasteiger partial charge is 0.331 e. The van der Waals surface area contributed by atoms with E-state index in [9.17, 15) is 4.79 Å². The summed E-state index contributed by atoms with van der Waals surface area (Å²) in [6, 6.07) is 12.0.